The second-order valence-corrected chi connectivity index (χ2v) is 6.99. The molecule has 30 heavy (non-hydrogen) atoms. The van der Waals surface area contributed by atoms with Crippen LogP contribution in [0, 0.1) is 0 Å². The van der Waals surface area contributed by atoms with Crippen LogP contribution in [-0.4, -0.2) is 43.5 Å². The minimum atomic E-state index is -2.98. The van der Waals surface area contributed by atoms with Gasteiger partial charge in [-0.1, -0.05) is 18.6 Å². The van der Waals surface area contributed by atoms with Crippen molar-refractivity contribution in [2.24, 2.45) is 0 Å². The van der Waals surface area contributed by atoms with E-state index in [0.717, 1.165) is 19.3 Å². The zero-order valence-corrected chi connectivity index (χ0v) is 16.7. The number of hydrogen-bond donors (Lipinski definition) is 1. The smallest absolute Gasteiger partial charge is 0.387 e. The Morgan fingerprint density at radius 2 is 1.90 bits per heavy atom. The third kappa shape index (κ3) is 5.68. The van der Waals surface area contributed by atoms with Gasteiger partial charge < -0.3 is 19.7 Å². The number of halogens is 2. The summed E-state index contributed by atoms with van der Waals surface area (Å²) in [7, 11) is 1.53. The number of alkyl halides is 2. The molecule has 1 aliphatic rings. The lowest BCUT2D eigenvalue weighted by molar-refractivity contribution is -0.134. The fourth-order valence-corrected chi connectivity index (χ4v) is 3.38. The number of ether oxygens (including phenoxy) is 2. The van der Waals surface area contributed by atoms with Crippen molar-refractivity contribution >= 4 is 17.5 Å². The van der Waals surface area contributed by atoms with Crippen molar-refractivity contribution in [1.29, 1.82) is 0 Å². The van der Waals surface area contributed by atoms with Crippen molar-refractivity contribution in [3.8, 4) is 22.6 Å². The van der Waals surface area contributed by atoms with Crippen LogP contribution >= 0.6 is 0 Å². The second-order valence-electron chi connectivity index (χ2n) is 6.99. The minimum Gasteiger partial charge on any atom is -0.497 e. The number of likely N-dealkylation sites (tertiary alicyclic amines) is 1. The fraction of sp³-hybridized carbons (Fsp3) is 0.364. The zero-order chi connectivity index (χ0) is 21.5. The monoisotopic (exact) mass is 418 g/mol. The number of benzene rings is 2. The lowest BCUT2D eigenvalue weighted by Gasteiger charge is -2.20. The highest BCUT2D eigenvalue weighted by atomic mass is 19.3. The Bertz CT molecular complexity index is 887. The van der Waals surface area contributed by atoms with Crippen LogP contribution in [0.3, 0.4) is 0 Å². The summed E-state index contributed by atoms with van der Waals surface area (Å²) in [5.74, 6) is 0.258. The number of carbonyl (C=O) groups is 2. The molecule has 1 saturated heterocycles. The largest absolute Gasteiger partial charge is 0.497 e. The first-order chi connectivity index (χ1) is 14.5. The third-order valence-corrected chi connectivity index (χ3v) is 4.89. The molecule has 0 unspecified atom stereocenters. The highest BCUT2D eigenvalue weighted by Crippen LogP contribution is 2.34. The molecule has 1 aliphatic heterocycles. The molecule has 3 rings (SSSR count). The predicted octanol–water partition coefficient (Wildman–Crippen LogP) is 4.30. The van der Waals surface area contributed by atoms with Crippen molar-refractivity contribution in [2.75, 3.05) is 25.5 Å². The summed E-state index contributed by atoms with van der Waals surface area (Å²) in [5.41, 5.74) is 1.46. The SMILES string of the molecule is COc1ccc(-c2cc(NC(=O)CN3CCCCCC3=O)ccc2OC(F)F)cc1. The molecule has 0 aromatic heterocycles. The molecule has 0 radical (unpaired) electrons. The molecule has 8 heteroatoms. The predicted molar refractivity (Wildman–Crippen MR) is 109 cm³/mol. The second kappa shape index (κ2) is 10.0. The van der Waals surface area contributed by atoms with E-state index in [1.165, 1.54) is 19.2 Å². The van der Waals surface area contributed by atoms with Gasteiger partial charge in [0.1, 0.15) is 11.5 Å². The Labute approximate surface area is 173 Å². The molecule has 2 aromatic carbocycles. The van der Waals surface area contributed by atoms with E-state index in [9.17, 15) is 18.4 Å². The topological polar surface area (TPSA) is 67.9 Å². The molecule has 1 heterocycles. The summed E-state index contributed by atoms with van der Waals surface area (Å²) in [5, 5.41) is 2.74. The van der Waals surface area contributed by atoms with E-state index in [-0.39, 0.29) is 24.1 Å². The Kier molecular flexibility index (Phi) is 7.21. The molecule has 1 N–H and O–H groups in total. The van der Waals surface area contributed by atoms with Crippen molar-refractivity contribution in [2.45, 2.75) is 32.3 Å². The van der Waals surface area contributed by atoms with Gasteiger partial charge in [0, 0.05) is 24.2 Å². The van der Waals surface area contributed by atoms with Gasteiger partial charge in [0.2, 0.25) is 11.8 Å². The first kappa shape index (κ1) is 21.5. The summed E-state index contributed by atoms with van der Waals surface area (Å²) < 4.78 is 35.4. The van der Waals surface area contributed by atoms with Crippen molar-refractivity contribution in [3.63, 3.8) is 0 Å². The van der Waals surface area contributed by atoms with Crippen LogP contribution in [0.5, 0.6) is 11.5 Å². The molecule has 0 spiro atoms. The number of amides is 2. The molecule has 0 atom stereocenters. The van der Waals surface area contributed by atoms with Gasteiger partial charge in [-0.2, -0.15) is 8.78 Å². The van der Waals surface area contributed by atoms with Crippen LogP contribution in [0.15, 0.2) is 42.5 Å². The summed E-state index contributed by atoms with van der Waals surface area (Å²) in [6.45, 7) is -2.45. The Hall–Kier alpha value is -3.16. The first-order valence-corrected chi connectivity index (χ1v) is 9.77. The van der Waals surface area contributed by atoms with Crippen LogP contribution in [0.4, 0.5) is 14.5 Å². The number of nitrogens with zero attached hydrogens (tertiary/aromatic N) is 1. The van der Waals surface area contributed by atoms with Crippen LogP contribution in [0.2, 0.25) is 0 Å². The Morgan fingerprint density at radius 1 is 1.13 bits per heavy atom. The normalized spacial score (nSPS) is 14.4. The van der Waals surface area contributed by atoms with E-state index >= 15 is 0 Å². The van der Waals surface area contributed by atoms with Gasteiger partial charge in [0.25, 0.3) is 0 Å². The van der Waals surface area contributed by atoms with Gasteiger partial charge in [-0.05, 0) is 48.7 Å². The molecule has 0 aliphatic carbocycles. The van der Waals surface area contributed by atoms with Gasteiger partial charge >= 0.3 is 6.61 Å². The Balaban J connectivity index is 1.79. The van der Waals surface area contributed by atoms with Gasteiger partial charge in [0.15, 0.2) is 0 Å². The molecular formula is C22H24F2N2O4. The van der Waals surface area contributed by atoms with Crippen LogP contribution in [0.1, 0.15) is 25.7 Å². The maximum Gasteiger partial charge on any atom is 0.387 e. The van der Waals surface area contributed by atoms with E-state index in [0.29, 0.717) is 35.5 Å². The Morgan fingerprint density at radius 3 is 2.60 bits per heavy atom. The van der Waals surface area contributed by atoms with Gasteiger partial charge in [-0.3, -0.25) is 9.59 Å². The molecule has 1 fully saturated rings. The van der Waals surface area contributed by atoms with E-state index in [1.54, 1.807) is 35.2 Å². The summed E-state index contributed by atoms with van der Waals surface area (Å²) in [6, 6.07) is 11.3. The lowest BCUT2D eigenvalue weighted by atomic mass is 10.0. The average molecular weight is 418 g/mol. The van der Waals surface area contributed by atoms with Crippen molar-refractivity contribution in [3.05, 3.63) is 42.5 Å². The molecule has 2 amide bonds. The van der Waals surface area contributed by atoms with E-state index in [1.807, 2.05) is 0 Å². The number of hydrogen-bond acceptors (Lipinski definition) is 4. The molecular weight excluding hydrogens is 394 g/mol. The van der Waals surface area contributed by atoms with E-state index in [2.05, 4.69) is 10.1 Å². The summed E-state index contributed by atoms with van der Waals surface area (Å²) >= 11 is 0. The number of carbonyl (C=O) groups excluding carboxylic acids is 2. The highest BCUT2D eigenvalue weighted by molar-refractivity contribution is 5.95. The average Bonchev–Trinajstić information content (AvgIpc) is 2.93. The number of methoxy groups -OCH3 is 1. The van der Waals surface area contributed by atoms with Crippen LogP contribution in [0.25, 0.3) is 11.1 Å². The maximum absolute atomic E-state index is 12.8. The summed E-state index contributed by atoms with van der Waals surface area (Å²) in [6.07, 6.45) is 3.14. The quantitative estimate of drug-likeness (QED) is 0.728. The van der Waals surface area contributed by atoms with Crippen molar-refractivity contribution in [1.82, 2.24) is 4.90 Å². The van der Waals surface area contributed by atoms with Crippen LogP contribution in [-0.2, 0) is 9.59 Å². The molecule has 160 valence electrons. The standard InChI is InChI=1S/C22H24F2N2O4/c1-29-17-9-6-15(7-10-17)18-13-16(8-11-19(18)30-22(23)24)25-20(27)14-26-12-4-2-3-5-21(26)28/h6-11,13,22H,2-5,12,14H2,1H3,(H,25,27). The van der Waals surface area contributed by atoms with E-state index < -0.39 is 6.61 Å². The fourth-order valence-electron chi connectivity index (χ4n) is 3.38. The minimum absolute atomic E-state index is 0.00383. The van der Waals surface area contributed by atoms with Crippen LogP contribution < -0.4 is 14.8 Å². The third-order valence-electron chi connectivity index (χ3n) is 4.89. The van der Waals surface area contributed by atoms with E-state index in [4.69, 9.17) is 4.74 Å². The number of nitrogens with one attached hydrogen (secondary N) is 1. The first-order valence-electron chi connectivity index (χ1n) is 9.77. The zero-order valence-electron chi connectivity index (χ0n) is 16.7. The molecule has 0 saturated carbocycles. The van der Waals surface area contributed by atoms with Gasteiger partial charge in [-0.15, -0.1) is 0 Å². The van der Waals surface area contributed by atoms with Gasteiger partial charge in [0.05, 0.1) is 13.7 Å². The highest BCUT2D eigenvalue weighted by Gasteiger charge is 2.20. The molecule has 0 bridgehead atoms. The van der Waals surface area contributed by atoms with Gasteiger partial charge in [-0.25, -0.2) is 0 Å². The van der Waals surface area contributed by atoms with Crippen molar-refractivity contribution < 1.29 is 27.8 Å². The maximum atomic E-state index is 12.8. The number of anilines is 1. The number of rotatable bonds is 7. The molecule has 2 aromatic rings. The lowest BCUT2D eigenvalue weighted by Crippen LogP contribution is -2.37. The summed E-state index contributed by atoms with van der Waals surface area (Å²) in [4.78, 5) is 26.1. The molecule has 6 nitrogen and oxygen atoms in total.